The Bertz CT molecular complexity index is 607. The molecular weight excluding hydrogens is 322 g/mol. The second-order valence-electron chi connectivity index (χ2n) is 6.89. The van der Waals surface area contributed by atoms with Gasteiger partial charge < -0.3 is 10.2 Å². The summed E-state index contributed by atoms with van der Waals surface area (Å²) in [6.45, 7) is 5.24. The van der Waals surface area contributed by atoms with Gasteiger partial charge in [-0.25, -0.2) is 4.98 Å². The molecule has 1 atom stereocenters. The molecule has 1 aliphatic heterocycles. The van der Waals surface area contributed by atoms with Crippen molar-refractivity contribution in [1.29, 1.82) is 0 Å². The molecule has 1 saturated heterocycles. The predicted molar refractivity (Wildman–Crippen MR) is 94.8 cm³/mol. The Hall–Kier alpha value is -1.43. The average molecular weight is 350 g/mol. The highest BCUT2D eigenvalue weighted by atomic mass is 32.1. The zero-order valence-corrected chi connectivity index (χ0v) is 15.5. The number of amides is 2. The Balaban J connectivity index is 1.57. The fraction of sp³-hybridized carbons (Fsp3) is 0.722. The second kappa shape index (κ2) is 7.64. The first-order chi connectivity index (χ1) is 11.6. The third-order valence-electron chi connectivity index (χ3n) is 5.22. The molecule has 3 rings (SSSR count). The summed E-state index contributed by atoms with van der Waals surface area (Å²) >= 11 is 1.66. The second-order valence-corrected chi connectivity index (χ2v) is 8.18. The molecule has 0 aromatic carbocycles. The molecule has 2 fully saturated rings. The molecule has 2 heterocycles. The summed E-state index contributed by atoms with van der Waals surface area (Å²) in [5.41, 5.74) is 1.09. The molecule has 2 amide bonds. The van der Waals surface area contributed by atoms with Crippen LogP contribution in [0.4, 0.5) is 0 Å². The van der Waals surface area contributed by atoms with Gasteiger partial charge in [0.25, 0.3) is 0 Å². The molecule has 0 radical (unpaired) electrons. The van der Waals surface area contributed by atoms with Crippen LogP contribution < -0.4 is 5.32 Å². The maximum absolute atomic E-state index is 12.6. The Morgan fingerprint density at radius 2 is 2.08 bits per heavy atom. The van der Waals surface area contributed by atoms with Crippen molar-refractivity contribution in [3.05, 3.63) is 15.6 Å². The van der Waals surface area contributed by atoms with Crippen molar-refractivity contribution in [3.63, 3.8) is 0 Å². The van der Waals surface area contributed by atoms with Crippen LogP contribution in [-0.4, -0.2) is 34.3 Å². The van der Waals surface area contributed by atoms with Crippen LogP contribution in [0, 0.1) is 12.8 Å². The summed E-state index contributed by atoms with van der Waals surface area (Å²) in [5, 5.41) is 4.12. The number of rotatable bonds is 5. The Labute approximate surface area is 147 Å². The van der Waals surface area contributed by atoms with E-state index in [4.69, 9.17) is 0 Å². The summed E-state index contributed by atoms with van der Waals surface area (Å²) in [7, 11) is 0. The van der Waals surface area contributed by atoms with Gasteiger partial charge in [-0.3, -0.25) is 9.59 Å². The van der Waals surface area contributed by atoms with Crippen LogP contribution in [0.1, 0.15) is 61.0 Å². The van der Waals surface area contributed by atoms with E-state index >= 15 is 0 Å². The van der Waals surface area contributed by atoms with Crippen molar-refractivity contribution < 1.29 is 9.59 Å². The number of carbonyl (C=O) groups excluding carboxylic acids is 2. The fourth-order valence-corrected chi connectivity index (χ4v) is 4.86. The van der Waals surface area contributed by atoms with Crippen molar-refractivity contribution in [2.45, 2.75) is 71.4 Å². The van der Waals surface area contributed by atoms with Crippen LogP contribution in [0.15, 0.2) is 0 Å². The largest absolute Gasteiger partial charge is 0.351 e. The molecule has 5 nitrogen and oxygen atoms in total. The van der Waals surface area contributed by atoms with E-state index in [0.29, 0.717) is 32.0 Å². The smallest absolute Gasteiger partial charge is 0.225 e. The van der Waals surface area contributed by atoms with Gasteiger partial charge in [0.2, 0.25) is 11.8 Å². The lowest BCUT2D eigenvalue weighted by molar-refractivity contribution is -0.140. The van der Waals surface area contributed by atoms with Gasteiger partial charge in [0.05, 0.1) is 23.2 Å². The molecule has 0 spiro atoms. The molecule has 1 aromatic rings. The maximum Gasteiger partial charge on any atom is 0.225 e. The van der Waals surface area contributed by atoms with Crippen LogP contribution in [0.2, 0.25) is 0 Å². The van der Waals surface area contributed by atoms with E-state index in [1.165, 1.54) is 12.8 Å². The number of aryl methyl sites for hydroxylation is 2. The maximum atomic E-state index is 12.6. The van der Waals surface area contributed by atoms with Gasteiger partial charge in [0.15, 0.2) is 0 Å². The number of thiazole rings is 1. The van der Waals surface area contributed by atoms with E-state index in [1.807, 2.05) is 11.8 Å². The number of likely N-dealkylation sites (tertiary alicyclic amines) is 1. The third-order valence-corrected chi connectivity index (χ3v) is 6.24. The van der Waals surface area contributed by atoms with Crippen LogP contribution in [0.25, 0.3) is 0 Å². The number of carbonyl (C=O) groups is 2. The normalized spacial score (nSPS) is 22.2. The van der Waals surface area contributed by atoms with E-state index in [0.717, 1.165) is 34.8 Å². The van der Waals surface area contributed by atoms with Crippen molar-refractivity contribution in [2.75, 3.05) is 6.54 Å². The first-order valence-electron chi connectivity index (χ1n) is 9.10. The van der Waals surface area contributed by atoms with Gasteiger partial charge in [-0.05, 0) is 32.6 Å². The lowest BCUT2D eigenvalue weighted by Crippen LogP contribution is -2.49. The van der Waals surface area contributed by atoms with Crippen LogP contribution >= 0.6 is 11.3 Å². The zero-order chi connectivity index (χ0) is 17.1. The van der Waals surface area contributed by atoms with Gasteiger partial charge in [0, 0.05) is 23.9 Å². The zero-order valence-electron chi connectivity index (χ0n) is 14.6. The van der Waals surface area contributed by atoms with E-state index in [2.05, 4.69) is 17.2 Å². The molecule has 1 unspecified atom stereocenters. The van der Waals surface area contributed by atoms with E-state index in [-0.39, 0.29) is 17.7 Å². The minimum Gasteiger partial charge on any atom is -0.351 e. The quantitative estimate of drug-likeness (QED) is 0.889. The average Bonchev–Trinajstić information content (AvgIpc) is 3.22. The number of aromatic nitrogens is 1. The van der Waals surface area contributed by atoms with E-state index in [9.17, 15) is 9.59 Å². The fourth-order valence-electron chi connectivity index (χ4n) is 3.89. The minimum absolute atomic E-state index is 0.0672. The molecule has 2 aliphatic rings. The van der Waals surface area contributed by atoms with E-state index < -0.39 is 0 Å². The molecule has 1 aromatic heterocycles. The van der Waals surface area contributed by atoms with Crippen molar-refractivity contribution in [3.8, 4) is 0 Å². The number of hydrogen-bond donors (Lipinski definition) is 1. The van der Waals surface area contributed by atoms with E-state index in [1.54, 1.807) is 11.3 Å². The number of hydrogen-bond acceptors (Lipinski definition) is 4. The molecule has 1 aliphatic carbocycles. The van der Waals surface area contributed by atoms with Crippen LogP contribution in [0.5, 0.6) is 0 Å². The van der Waals surface area contributed by atoms with Crippen LogP contribution in [0.3, 0.4) is 0 Å². The Morgan fingerprint density at radius 3 is 2.79 bits per heavy atom. The lowest BCUT2D eigenvalue weighted by atomic mass is 9.95. The first-order valence-corrected chi connectivity index (χ1v) is 9.92. The summed E-state index contributed by atoms with van der Waals surface area (Å²) in [4.78, 5) is 32.4. The number of piperidine rings is 1. The summed E-state index contributed by atoms with van der Waals surface area (Å²) in [6, 6.07) is 0.365. The molecule has 1 saturated carbocycles. The first kappa shape index (κ1) is 17.4. The summed E-state index contributed by atoms with van der Waals surface area (Å²) in [6.07, 6.45) is 6.68. The highest BCUT2D eigenvalue weighted by molar-refractivity contribution is 7.11. The molecule has 6 heteroatoms. The highest BCUT2D eigenvalue weighted by Gasteiger charge is 2.35. The van der Waals surface area contributed by atoms with Crippen molar-refractivity contribution in [2.24, 2.45) is 5.92 Å². The summed E-state index contributed by atoms with van der Waals surface area (Å²) in [5.74, 6) is 0.248. The summed E-state index contributed by atoms with van der Waals surface area (Å²) < 4.78 is 0. The monoisotopic (exact) mass is 349 g/mol. The predicted octanol–water partition coefficient (Wildman–Crippen LogP) is 2.81. The van der Waals surface area contributed by atoms with Crippen molar-refractivity contribution in [1.82, 2.24) is 15.2 Å². The van der Waals surface area contributed by atoms with Gasteiger partial charge in [0.1, 0.15) is 0 Å². The van der Waals surface area contributed by atoms with Crippen molar-refractivity contribution >= 4 is 23.2 Å². The van der Waals surface area contributed by atoms with Crippen LogP contribution in [-0.2, 0) is 22.6 Å². The highest BCUT2D eigenvalue weighted by Crippen LogP contribution is 2.29. The third kappa shape index (κ3) is 3.79. The SMILES string of the molecule is CCc1nc(C)sc1CNC(=O)C1CCC(=O)N(C2CCCC2)C1. The molecule has 24 heavy (non-hydrogen) atoms. The molecule has 132 valence electrons. The molecule has 1 N–H and O–H groups in total. The number of nitrogens with one attached hydrogen (secondary N) is 1. The molecule has 0 bridgehead atoms. The van der Waals surface area contributed by atoms with Gasteiger partial charge in [-0.15, -0.1) is 11.3 Å². The number of nitrogens with zero attached hydrogens (tertiary/aromatic N) is 2. The van der Waals surface area contributed by atoms with Gasteiger partial charge in [-0.1, -0.05) is 19.8 Å². The molecular formula is C18H27N3O2S. The topological polar surface area (TPSA) is 62.3 Å². The van der Waals surface area contributed by atoms with Gasteiger partial charge >= 0.3 is 0 Å². The standard InChI is InChI=1S/C18H27N3O2S/c1-3-15-16(24-12(2)20-15)10-19-18(23)13-8-9-17(22)21(11-13)14-6-4-5-7-14/h13-14H,3-11H2,1-2H3,(H,19,23). The minimum atomic E-state index is -0.0672. The van der Waals surface area contributed by atoms with Gasteiger partial charge in [-0.2, -0.15) is 0 Å². The Morgan fingerprint density at radius 1 is 1.33 bits per heavy atom. The lowest BCUT2D eigenvalue weighted by Gasteiger charge is -2.36. The Kier molecular flexibility index (Phi) is 5.54.